The number of pyridine rings is 2. The summed E-state index contributed by atoms with van der Waals surface area (Å²) in [6.45, 7) is 2.11. The molecule has 0 saturated carbocycles. The second kappa shape index (κ2) is 6.61. The third-order valence-corrected chi connectivity index (χ3v) is 3.28. The van der Waals surface area contributed by atoms with Crippen LogP contribution in [0, 0.1) is 0 Å². The normalized spacial score (nSPS) is 12.4. The Labute approximate surface area is 118 Å². The molecule has 0 aromatic carbocycles. The zero-order chi connectivity index (χ0) is 13.7. The molecule has 100 valence electrons. The van der Waals surface area contributed by atoms with Gasteiger partial charge in [-0.2, -0.15) is 0 Å². The van der Waals surface area contributed by atoms with E-state index in [0.29, 0.717) is 11.6 Å². The van der Waals surface area contributed by atoms with E-state index in [4.69, 9.17) is 17.4 Å². The Balaban J connectivity index is 2.11. The molecule has 0 saturated heterocycles. The lowest BCUT2D eigenvalue weighted by Gasteiger charge is -2.15. The molecule has 0 radical (unpaired) electrons. The van der Waals surface area contributed by atoms with Crippen molar-refractivity contribution in [1.82, 2.24) is 15.4 Å². The summed E-state index contributed by atoms with van der Waals surface area (Å²) in [5.41, 5.74) is 6.01. The summed E-state index contributed by atoms with van der Waals surface area (Å²) in [4.78, 5) is 8.50. The number of nitrogens with zero attached hydrogens (tertiary/aromatic N) is 2. The Morgan fingerprint density at radius 3 is 2.58 bits per heavy atom. The van der Waals surface area contributed by atoms with Crippen LogP contribution in [0.3, 0.4) is 0 Å². The number of aromatic nitrogens is 2. The highest BCUT2D eigenvalue weighted by atomic mass is 35.5. The summed E-state index contributed by atoms with van der Waals surface area (Å²) in [6.07, 6.45) is 5.34. The van der Waals surface area contributed by atoms with Gasteiger partial charge in [0.15, 0.2) is 0 Å². The minimum Gasteiger partial charge on any atom is -0.271 e. The molecule has 0 spiro atoms. The van der Waals surface area contributed by atoms with E-state index >= 15 is 0 Å². The highest BCUT2D eigenvalue weighted by Gasteiger charge is 2.11. The first-order valence-electron chi connectivity index (χ1n) is 6.24. The molecule has 0 fully saturated rings. The van der Waals surface area contributed by atoms with E-state index in [1.165, 1.54) is 5.56 Å². The van der Waals surface area contributed by atoms with Crippen molar-refractivity contribution in [2.75, 3.05) is 0 Å². The molecule has 4 nitrogen and oxygen atoms in total. The van der Waals surface area contributed by atoms with Crippen molar-refractivity contribution in [3.05, 3.63) is 58.6 Å². The topological polar surface area (TPSA) is 63.8 Å². The first kappa shape index (κ1) is 13.9. The number of hydrogen-bond donors (Lipinski definition) is 2. The molecular weight excluding hydrogens is 260 g/mol. The molecule has 0 aliphatic heterocycles. The number of halogens is 1. The van der Waals surface area contributed by atoms with Crippen molar-refractivity contribution in [3.8, 4) is 0 Å². The zero-order valence-electron chi connectivity index (χ0n) is 10.8. The van der Waals surface area contributed by atoms with Gasteiger partial charge in [0.2, 0.25) is 0 Å². The quantitative estimate of drug-likeness (QED) is 0.500. The SMILES string of the molecule is CCc1ccc(CC(NN)c2ccc(Cl)nc2)nc1. The highest BCUT2D eigenvalue weighted by Crippen LogP contribution is 2.17. The van der Waals surface area contributed by atoms with E-state index in [0.717, 1.165) is 17.7 Å². The van der Waals surface area contributed by atoms with Crippen molar-refractivity contribution in [2.24, 2.45) is 5.84 Å². The van der Waals surface area contributed by atoms with Crippen LogP contribution in [0.25, 0.3) is 0 Å². The van der Waals surface area contributed by atoms with Crippen molar-refractivity contribution in [1.29, 1.82) is 0 Å². The van der Waals surface area contributed by atoms with Crippen molar-refractivity contribution in [2.45, 2.75) is 25.8 Å². The molecular formula is C14H17ClN4. The van der Waals surface area contributed by atoms with Gasteiger partial charge in [0.25, 0.3) is 0 Å². The molecule has 0 bridgehead atoms. The van der Waals surface area contributed by atoms with Gasteiger partial charge in [-0.1, -0.05) is 30.7 Å². The summed E-state index contributed by atoms with van der Waals surface area (Å²) in [6, 6.07) is 7.78. The molecule has 5 heteroatoms. The summed E-state index contributed by atoms with van der Waals surface area (Å²) in [5.74, 6) is 5.61. The predicted octanol–water partition coefficient (Wildman–Crippen LogP) is 2.44. The van der Waals surface area contributed by atoms with Gasteiger partial charge in [-0.05, 0) is 29.7 Å². The fraction of sp³-hybridized carbons (Fsp3) is 0.286. The third-order valence-electron chi connectivity index (χ3n) is 3.06. The van der Waals surface area contributed by atoms with Crippen LogP contribution in [-0.4, -0.2) is 9.97 Å². The van der Waals surface area contributed by atoms with Crippen molar-refractivity contribution < 1.29 is 0 Å². The fourth-order valence-corrected chi connectivity index (χ4v) is 1.97. The lowest BCUT2D eigenvalue weighted by molar-refractivity contribution is 0.544. The Hall–Kier alpha value is -1.49. The number of hydrazine groups is 1. The third kappa shape index (κ3) is 3.73. The molecule has 1 atom stereocenters. The molecule has 3 N–H and O–H groups in total. The highest BCUT2D eigenvalue weighted by molar-refractivity contribution is 6.29. The van der Waals surface area contributed by atoms with E-state index < -0.39 is 0 Å². The van der Waals surface area contributed by atoms with Crippen LogP contribution in [-0.2, 0) is 12.8 Å². The van der Waals surface area contributed by atoms with Gasteiger partial charge < -0.3 is 0 Å². The van der Waals surface area contributed by atoms with Crippen LogP contribution < -0.4 is 11.3 Å². The average Bonchev–Trinajstić information content (AvgIpc) is 2.46. The molecule has 1 unspecified atom stereocenters. The van der Waals surface area contributed by atoms with Gasteiger partial charge >= 0.3 is 0 Å². The second-order valence-corrected chi connectivity index (χ2v) is 4.74. The van der Waals surface area contributed by atoms with Crippen LogP contribution in [0.5, 0.6) is 0 Å². The van der Waals surface area contributed by atoms with Crippen LogP contribution in [0.2, 0.25) is 5.15 Å². The number of hydrogen-bond acceptors (Lipinski definition) is 4. The van der Waals surface area contributed by atoms with E-state index in [2.05, 4.69) is 28.4 Å². The lowest BCUT2D eigenvalue weighted by atomic mass is 10.0. The predicted molar refractivity (Wildman–Crippen MR) is 76.6 cm³/mol. The van der Waals surface area contributed by atoms with E-state index in [1.54, 1.807) is 12.3 Å². The fourth-order valence-electron chi connectivity index (χ4n) is 1.86. The van der Waals surface area contributed by atoms with Crippen LogP contribution in [0.15, 0.2) is 36.7 Å². The van der Waals surface area contributed by atoms with Crippen molar-refractivity contribution in [3.63, 3.8) is 0 Å². The number of aryl methyl sites for hydroxylation is 1. The monoisotopic (exact) mass is 276 g/mol. The Morgan fingerprint density at radius 1 is 1.21 bits per heavy atom. The Morgan fingerprint density at radius 2 is 2.05 bits per heavy atom. The van der Waals surface area contributed by atoms with Gasteiger partial charge in [-0.3, -0.25) is 16.3 Å². The molecule has 19 heavy (non-hydrogen) atoms. The van der Waals surface area contributed by atoms with E-state index in [-0.39, 0.29) is 6.04 Å². The van der Waals surface area contributed by atoms with Crippen molar-refractivity contribution >= 4 is 11.6 Å². The van der Waals surface area contributed by atoms with E-state index in [9.17, 15) is 0 Å². The summed E-state index contributed by atoms with van der Waals surface area (Å²) in [5, 5.41) is 0.477. The molecule has 2 rings (SSSR count). The molecule has 2 aromatic heterocycles. The van der Waals surface area contributed by atoms with E-state index in [1.807, 2.05) is 18.3 Å². The molecule has 0 aliphatic carbocycles. The first-order valence-corrected chi connectivity index (χ1v) is 6.62. The first-order chi connectivity index (χ1) is 9.22. The maximum Gasteiger partial charge on any atom is 0.129 e. The van der Waals surface area contributed by atoms with Gasteiger partial charge in [0.05, 0.1) is 6.04 Å². The van der Waals surface area contributed by atoms with Gasteiger partial charge in [-0.25, -0.2) is 4.98 Å². The largest absolute Gasteiger partial charge is 0.271 e. The minimum atomic E-state index is -0.0234. The lowest BCUT2D eigenvalue weighted by Crippen LogP contribution is -2.29. The maximum atomic E-state index is 5.78. The second-order valence-electron chi connectivity index (χ2n) is 4.35. The van der Waals surface area contributed by atoms with Crippen LogP contribution in [0.4, 0.5) is 0 Å². The maximum absolute atomic E-state index is 5.78. The zero-order valence-corrected chi connectivity index (χ0v) is 11.6. The Kier molecular flexibility index (Phi) is 4.85. The Bertz CT molecular complexity index is 510. The average molecular weight is 277 g/mol. The summed E-state index contributed by atoms with van der Waals surface area (Å²) in [7, 11) is 0. The standard InChI is InChI=1S/C14H17ClN4/c1-2-10-3-5-12(17-8-10)7-13(19-16)11-4-6-14(15)18-9-11/h3-6,8-9,13,19H,2,7,16H2,1H3. The minimum absolute atomic E-state index is 0.0234. The molecule has 0 aliphatic rings. The summed E-state index contributed by atoms with van der Waals surface area (Å²) >= 11 is 5.78. The number of rotatable bonds is 5. The van der Waals surface area contributed by atoms with Gasteiger partial charge in [-0.15, -0.1) is 0 Å². The number of nitrogens with two attached hydrogens (primary N) is 1. The summed E-state index contributed by atoms with van der Waals surface area (Å²) < 4.78 is 0. The van der Waals surface area contributed by atoms with Gasteiger partial charge in [0, 0.05) is 24.5 Å². The van der Waals surface area contributed by atoms with Gasteiger partial charge in [0.1, 0.15) is 5.15 Å². The van der Waals surface area contributed by atoms with Crippen LogP contribution >= 0.6 is 11.6 Å². The molecule has 2 aromatic rings. The molecule has 0 amide bonds. The van der Waals surface area contributed by atoms with Crippen LogP contribution in [0.1, 0.15) is 29.8 Å². The molecule has 2 heterocycles. The number of nitrogens with one attached hydrogen (secondary N) is 1. The smallest absolute Gasteiger partial charge is 0.129 e.